The third kappa shape index (κ3) is 5.13. The Hall–Kier alpha value is -2.34. The molecule has 0 heterocycles. The fraction of sp³-hybridized carbons (Fsp3) is 0.357. The molecule has 3 aromatic carbocycles. The van der Waals surface area contributed by atoms with E-state index in [9.17, 15) is 0 Å². The fourth-order valence-corrected chi connectivity index (χ4v) is 4.12. The largest absolute Gasteiger partial charge is 0.0683 e. The Morgan fingerprint density at radius 2 is 1.36 bits per heavy atom. The summed E-state index contributed by atoms with van der Waals surface area (Å²) >= 11 is 0. The Labute approximate surface area is 172 Å². The SMILES string of the molecule is CC.CC.Cc1cccc(-c2cccc(C3C[C@H](C)Cc4ccccc43)c2)c1. The lowest BCUT2D eigenvalue weighted by Crippen LogP contribution is -2.17. The zero-order chi connectivity index (χ0) is 20.5. The number of hydrogen-bond donors (Lipinski definition) is 0. The predicted molar refractivity (Wildman–Crippen MR) is 125 cm³/mol. The predicted octanol–water partition coefficient (Wildman–Crippen LogP) is 8.43. The van der Waals surface area contributed by atoms with Crippen molar-refractivity contribution >= 4 is 0 Å². The van der Waals surface area contributed by atoms with Gasteiger partial charge in [0.05, 0.1) is 0 Å². The van der Waals surface area contributed by atoms with Crippen LogP contribution in [-0.2, 0) is 6.42 Å². The van der Waals surface area contributed by atoms with Crippen LogP contribution >= 0.6 is 0 Å². The van der Waals surface area contributed by atoms with Crippen LogP contribution in [0.2, 0.25) is 0 Å². The molecule has 0 aliphatic heterocycles. The molecule has 0 aromatic heterocycles. The third-order valence-electron chi connectivity index (χ3n) is 5.28. The van der Waals surface area contributed by atoms with Gasteiger partial charge >= 0.3 is 0 Å². The second-order valence-corrected chi connectivity index (χ2v) is 7.29. The molecule has 148 valence electrons. The van der Waals surface area contributed by atoms with Gasteiger partial charge in [-0.25, -0.2) is 0 Å². The van der Waals surface area contributed by atoms with E-state index in [1.807, 2.05) is 27.7 Å². The van der Waals surface area contributed by atoms with Crippen molar-refractivity contribution in [3.8, 4) is 11.1 Å². The molecule has 2 atom stereocenters. The number of fused-ring (bicyclic) bond motifs is 1. The first-order valence-corrected chi connectivity index (χ1v) is 11.0. The van der Waals surface area contributed by atoms with Gasteiger partial charge in [0.25, 0.3) is 0 Å². The van der Waals surface area contributed by atoms with E-state index in [0.717, 1.165) is 5.92 Å². The van der Waals surface area contributed by atoms with Crippen LogP contribution in [0.1, 0.15) is 69.2 Å². The fourth-order valence-electron chi connectivity index (χ4n) is 4.12. The molecule has 0 fully saturated rings. The van der Waals surface area contributed by atoms with Crippen molar-refractivity contribution in [3.63, 3.8) is 0 Å². The minimum absolute atomic E-state index is 0.523. The summed E-state index contributed by atoms with van der Waals surface area (Å²) in [7, 11) is 0. The molecule has 1 aliphatic rings. The van der Waals surface area contributed by atoms with Crippen molar-refractivity contribution in [2.75, 3.05) is 0 Å². The lowest BCUT2D eigenvalue weighted by molar-refractivity contribution is 0.464. The molecule has 4 rings (SSSR count). The van der Waals surface area contributed by atoms with Gasteiger partial charge < -0.3 is 0 Å². The number of hydrogen-bond acceptors (Lipinski definition) is 0. The van der Waals surface area contributed by atoms with Crippen LogP contribution in [0.4, 0.5) is 0 Å². The molecule has 0 heteroatoms. The summed E-state index contributed by atoms with van der Waals surface area (Å²) in [5, 5.41) is 0. The summed E-state index contributed by atoms with van der Waals surface area (Å²) in [6, 6.07) is 26.9. The first-order chi connectivity index (χ1) is 13.7. The molecule has 0 saturated heterocycles. The van der Waals surface area contributed by atoms with Gasteiger partial charge in [-0.15, -0.1) is 0 Å². The average molecular weight is 373 g/mol. The van der Waals surface area contributed by atoms with Crippen LogP contribution in [0.25, 0.3) is 11.1 Å². The van der Waals surface area contributed by atoms with Gasteiger partial charge in [-0.2, -0.15) is 0 Å². The van der Waals surface area contributed by atoms with E-state index in [2.05, 4.69) is 86.6 Å². The molecule has 1 aliphatic carbocycles. The minimum Gasteiger partial charge on any atom is -0.0683 e. The molecule has 0 spiro atoms. The van der Waals surface area contributed by atoms with E-state index in [1.165, 1.54) is 46.2 Å². The van der Waals surface area contributed by atoms with Crippen molar-refractivity contribution < 1.29 is 0 Å². The van der Waals surface area contributed by atoms with E-state index in [0.29, 0.717) is 5.92 Å². The van der Waals surface area contributed by atoms with Crippen LogP contribution in [0.15, 0.2) is 72.8 Å². The summed E-state index contributed by atoms with van der Waals surface area (Å²) in [5.74, 6) is 1.27. The smallest absolute Gasteiger partial charge is 0.00949 e. The standard InChI is InChI=1S/C24H24.2C2H6/c1-17-7-5-9-19(13-17)20-10-6-11-22(16-20)24-15-18(2)14-21-8-3-4-12-23(21)24;2*1-2/h3-13,16,18,24H,14-15H2,1-2H3;2*1-2H3/t18-,24?;;/m1../s1. The maximum Gasteiger partial charge on any atom is 0.00949 e. The highest BCUT2D eigenvalue weighted by Crippen LogP contribution is 2.40. The van der Waals surface area contributed by atoms with Crippen LogP contribution in [0.5, 0.6) is 0 Å². The molecule has 3 aromatic rings. The van der Waals surface area contributed by atoms with Gasteiger partial charge in [0.2, 0.25) is 0 Å². The Bertz CT molecular complexity index is 859. The molecule has 0 radical (unpaired) electrons. The van der Waals surface area contributed by atoms with E-state index < -0.39 is 0 Å². The molecule has 0 nitrogen and oxygen atoms in total. The van der Waals surface area contributed by atoms with Crippen molar-refractivity contribution in [2.24, 2.45) is 5.92 Å². The van der Waals surface area contributed by atoms with Crippen LogP contribution in [-0.4, -0.2) is 0 Å². The van der Waals surface area contributed by atoms with Crippen LogP contribution in [0.3, 0.4) is 0 Å². The second-order valence-electron chi connectivity index (χ2n) is 7.29. The van der Waals surface area contributed by atoms with Gasteiger partial charge in [-0.3, -0.25) is 0 Å². The van der Waals surface area contributed by atoms with Crippen molar-refractivity contribution in [3.05, 3.63) is 95.1 Å². The Balaban J connectivity index is 0.000000660. The Morgan fingerprint density at radius 1 is 0.714 bits per heavy atom. The summed E-state index contributed by atoms with van der Waals surface area (Å²) < 4.78 is 0. The second kappa shape index (κ2) is 10.9. The summed E-state index contributed by atoms with van der Waals surface area (Å²) in [6.07, 6.45) is 2.46. The third-order valence-corrected chi connectivity index (χ3v) is 5.28. The van der Waals surface area contributed by atoms with Crippen molar-refractivity contribution in [2.45, 2.75) is 60.3 Å². The normalized spacial score (nSPS) is 17.4. The molecule has 0 bridgehead atoms. The Kier molecular flexibility index (Phi) is 8.51. The monoisotopic (exact) mass is 372 g/mol. The van der Waals surface area contributed by atoms with Gasteiger partial charge in [-0.05, 0) is 53.5 Å². The molecule has 0 N–H and O–H groups in total. The maximum absolute atomic E-state index is 2.40. The number of rotatable bonds is 2. The van der Waals surface area contributed by atoms with Gasteiger partial charge in [0, 0.05) is 5.92 Å². The quantitative estimate of drug-likeness (QED) is 0.423. The minimum atomic E-state index is 0.523. The van der Waals surface area contributed by atoms with Crippen LogP contribution in [0, 0.1) is 12.8 Å². The van der Waals surface area contributed by atoms with E-state index in [-0.39, 0.29) is 0 Å². The molecule has 0 amide bonds. The average Bonchev–Trinajstić information content (AvgIpc) is 2.76. The summed E-state index contributed by atoms with van der Waals surface area (Å²) in [4.78, 5) is 0. The first-order valence-electron chi connectivity index (χ1n) is 11.0. The molecule has 1 unspecified atom stereocenters. The van der Waals surface area contributed by atoms with Crippen molar-refractivity contribution in [1.29, 1.82) is 0 Å². The lowest BCUT2D eigenvalue weighted by atomic mass is 9.74. The van der Waals surface area contributed by atoms with E-state index in [4.69, 9.17) is 0 Å². The van der Waals surface area contributed by atoms with Gasteiger partial charge in [0.1, 0.15) is 0 Å². The van der Waals surface area contributed by atoms with Crippen molar-refractivity contribution in [1.82, 2.24) is 0 Å². The van der Waals surface area contributed by atoms with Gasteiger partial charge in [-0.1, -0.05) is 113 Å². The summed E-state index contributed by atoms with van der Waals surface area (Å²) in [6.45, 7) is 12.5. The zero-order valence-electron chi connectivity index (χ0n) is 18.5. The van der Waals surface area contributed by atoms with E-state index in [1.54, 1.807) is 0 Å². The lowest BCUT2D eigenvalue weighted by Gasteiger charge is -2.30. The molecule has 28 heavy (non-hydrogen) atoms. The highest BCUT2D eigenvalue weighted by atomic mass is 14.3. The highest BCUT2D eigenvalue weighted by molar-refractivity contribution is 5.65. The first kappa shape index (κ1) is 22.0. The van der Waals surface area contributed by atoms with E-state index >= 15 is 0 Å². The number of aryl methyl sites for hydroxylation is 1. The molecule has 0 saturated carbocycles. The van der Waals surface area contributed by atoms with Crippen LogP contribution < -0.4 is 0 Å². The van der Waals surface area contributed by atoms with Gasteiger partial charge in [0.15, 0.2) is 0 Å². The maximum atomic E-state index is 2.40. The molecular formula is C28H36. The summed E-state index contributed by atoms with van der Waals surface area (Å²) in [5.41, 5.74) is 8.46. The topological polar surface area (TPSA) is 0 Å². The molecular weight excluding hydrogens is 336 g/mol. The number of benzene rings is 3. The Morgan fingerprint density at radius 3 is 2.07 bits per heavy atom. The zero-order valence-corrected chi connectivity index (χ0v) is 18.5. The highest BCUT2D eigenvalue weighted by Gasteiger charge is 2.25.